The summed E-state index contributed by atoms with van der Waals surface area (Å²) in [5.74, 6) is 2.53. The minimum Gasteiger partial charge on any atom is -0.448 e. The molecule has 6 heteroatoms. The van der Waals surface area contributed by atoms with Gasteiger partial charge in [0.05, 0.1) is 11.4 Å². The molecule has 5 rings (SSSR count). The summed E-state index contributed by atoms with van der Waals surface area (Å²) in [6, 6.07) is 22.6. The van der Waals surface area contributed by atoms with Crippen LogP contribution in [0.2, 0.25) is 5.02 Å². The SMILES string of the molecule is CCN1I=C(/C=C2/Oc3ccc(-c4ccccc4)cc3N2CC)Oc2ccc(Cl)cc21. The Bertz CT molecular complexity index is 1190. The number of hydrogen-bond acceptors (Lipinski definition) is 4. The van der Waals surface area contributed by atoms with Crippen LogP contribution in [0.4, 0.5) is 11.4 Å². The molecule has 0 fully saturated rings. The topological polar surface area (TPSA) is 24.9 Å². The lowest BCUT2D eigenvalue weighted by Crippen LogP contribution is -2.24. The number of anilines is 2. The standard InChI is InChI=1S/C25H22ClIN2O2/c1-3-28-20-14-18(17-8-6-5-7-9-17)10-12-22(20)31-25(28)16-24-27-29(4-2)21-15-19(26)11-13-23(21)30-24/h5-16H,3-4H2,1-2H3/b25-16+. The van der Waals surface area contributed by atoms with E-state index in [4.69, 9.17) is 21.1 Å². The van der Waals surface area contributed by atoms with Gasteiger partial charge in [-0.15, -0.1) is 0 Å². The van der Waals surface area contributed by atoms with Gasteiger partial charge in [0.25, 0.3) is 0 Å². The van der Waals surface area contributed by atoms with Gasteiger partial charge < -0.3 is 17.5 Å². The average Bonchev–Trinajstić information content (AvgIpc) is 3.15. The largest absolute Gasteiger partial charge is 0.448 e. The van der Waals surface area contributed by atoms with Crippen molar-refractivity contribution >= 4 is 47.7 Å². The van der Waals surface area contributed by atoms with Crippen molar-refractivity contribution in [3.05, 3.63) is 83.7 Å². The molecule has 2 aliphatic heterocycles. The Morgan fingerprint density at radius 1 is 0.839 bits per heavy atom. The molecule has 31 heavy (non-hydrogen) atoms. The van der Waals surface area contributed by atoms with Crippen LogP contribution in [0.15, 0.2) is 78.7 Å². The monoisotopic (exact) mass is 544 g/mol. The Morgan fingerprint density at radius 3 is 2.39 bits per heavy atom. The lowest BCUT2D eigenvalue weighted by molar-refractivity contribution is 0.439. The maximum atomic E-state index is 6.25. The smallest absolute Gasteiger partial charge is 0.204 e. The average molecular weight is 545 g/mol. The highest BCUT2D eigenvalue weighted by Gasteiger charge is 2.27. The first-order chi connectivity index (χ1) is 15.2. The Hall–Kier alpha value is -2.51. The fourth-order valence-corrected chi connectivity index (χ4v) is 6.22. The molecule has 0 unspecified atom stereocenters. The van der Waals surface area contributed by atoms with Gasteiger partial charge in [-0.05, 0) is 55.3 Å². The molecule has 0 aromatic heterocycles. The van der Waals surface area contributed by atoms with Gasteiger partial charge in [0.1, 0.15) is 0 Å². The second-order valence-electron chi connectivity index (χ2n) is 7.16. The van der Waals surface area contributed by atoms with E-state index in [0.717, 1.165) is 50.6 Å². The predicted octanol–water partition coefficient (Wildman–Crippen LogP) is 7.00. The summed E-state index contributed by atoms with van der Waals surface area (Å²) in [6.45, 7) is 6.02. The van der Waals surface area contributed by atoms with Crippen LogP contribution in [-0.2, 0) is 0 Å². The molecular weight excluding hydrogens is 523 g/mol. The molecule has 0 N–H and O–H groups in total. The lowest BCUT2D eigenvalue weighted by atomic mass is 10.0. The van der Waals surface area contributed by atoms with Crippen LogP contribution < -0.4 is 17.5 Å². The number of benzene rings is 3. The maximum absolute atomic E-state index is 6.25. The van der Waals surface area contributed by atoms with Crippen LogP contribution in [0.5, 0.6) is 11.5 Å². The summed E-state index contributed by atoms with van der Waals surface area (Å²) in [4.78, 5) is 2.20. The number of hydrogen-bond donors (Lipinski definition) is 0. The van der Waals surface area contributed by atoms with Crippen molar-refractivity contribution in [2.45, 2.75) is 13.8 Å². The van der Waals surface area contributed by atoms with Gasteiger partial charge in [-0.1, -0.05) is 48.0 Å². The Balaban J connectivity index is 1.48. The summed E-state index contributed by atoms with van der Waals surface area (Å²) in [5, 5.41) is 0.729. The van der Waals surface area contributed by atoms with Crippen LogP contribution in [-0.4, -0.2) is 16.8 Å². The zero-order chi connectivity index (χ0) is 21.4. The van der Waals surface area contributed by atoms with Gasteiger partial charge in [-0.2, -0.15) is 0 Å². The molecule has 0 amide bonds. The summed E-state index contributed by atoms with van der Waals surface area (Å²) in [6.07, 6.45) is 2.05. The van der Waals surface area contributed by atoms with Crippen molar-refractivity contribution in [3.8, 4) is 22.6 Å². The first-order valence-corrected chi connectivity index (χ1v) is 12.7. The third kappa shape index (κ3) is 3.92. The van der Waals surface area contributed by atoms with Gasteiger partial charge >= 0.3 is 0 Å². The summed E-state index contributed by atoms with van der Waals surface area (Å²) >= 11 is 5.71. The fourth-order valence-electron chi connectivity index (χ4n) is 3.76. The van der Waals surface area contributed by atoms with Crippen molar-refractivity contribution in [2.75, 3.05) is 21.1 Å². The van der Waals surface area contributed by atoms with E-state index in [1.165, 1.54) is 11.1 Å². The van der Waals surface area contributed by atoms with E-state index in [1.54, 1.807) is 0 Å². The molecular formula is C25H22ClIN2O2. The zero-order valence-electron chi connectivity index (χ0n) is 17.3. The molecule has 0 saturated heterocycles. The molecule has 2 heterocycles. The van der Waals surface area contributed by atoms with E-state index in [9.17, 15) is 0 Å². The minimum atomic E-state index is -0.496. The van der Waals surface area contributed by atoms with E-state index >= 15 is 0 Å². The van der Waals surface area contributed by atoms with E-state index in [1.807, 2.05) is 24.3 Å². The molecule has 0 aliphatic carbocycles. The van der Waals surface area contributed by atoms with Crippen molar-refractivity contribution in [1.29, 1.82) is 0 Å². The number of fused-ring (bicyclic) bond motifs is 2. The third-order valence-corrected chi connectivity index (χ3v) is 8.27. The van der Waals surface area contributed by atoms with Crippen molar-refractivity contribution in [2.24, 2.45) is 0 Å². The zero-order valence-corrected chi connectivity index (χ0v) is 20.2. The number of ether oxygens (including phenoxy) is 2. The highest BCUT2D eigenvalue weighted by molar-refractivity contribution is 14.2. The van der Waals surface area contributed by atoms with Crippen LogP contribution in [0.25, 0.3) is 11.1 Å². The molecule has 2 aliphatic rings. The number of halogens is 2. The summed E-state index contributed by atoms with van der Waals surface area (Å²) in [5.41, 5.74) is 4.53. The Labute approximate surface area is 197 Å². The highest BCUT2D eigenvalue weighted by atomic mass is 127. The van der Waals surface area contributed by atoms with Crippen molar-refractivity contribution in [1.82, 2.24) is 0 Å². The molecule has 0 bridgehead atoms. The van der Waals surface area contributed by atoms with Crippen molar-refractivity contribution in [3.63, 3.8) is 0 Å². The molecule has 4 nitrogen and oxygen atoms in total. The summed E-state index contributed by atoms with van der Waals surface area (Å²) in [7, 11) is 0. The van der Waals surface area contributed by atoms with E-state index < -0.39 is 21.0 Å². The van der Waals surface area contributed by atoms with Crippen LogP contribution in [0.1, 0.15) is 13.8 Å². The Kier molecular flexibility index (Phi) is 5.63. The van der Waals surface area contributed by atoms with Crippen LogP contribution in [0.3, 0.4) is 0 Å². The molecule has 3 aromatic carbocycles. The molecule has 158 valence electrons. The second-order valence-corrected chi connectivity index (χ2v) is 10.3. The van der Waals surface area contributed by atoms with Gasteiger partial charge in [0, 0.05) is 45.2 Å². The molecule has 0 saturated carbocycles. The third-order valence-electron chi connectivity index (χ3n) is 5.24. The quantitative estimate of drug-likeness (QED) is 0.261. The number of rotatable bonds is 4. The number of nitrogens with zero attached hydrogens (tertiary/aromatic N) is 2. The lowest BCUT2D eigenvalue weighted by Gasteiger charge is -2.26. The first kappa shape index (κ1) is 20.4. The molecule has 3 aromatic rings. The van der Waals surface area contributed by atoms with E-state index in [0.29, 0.717) is 0 Å². The Morgan fingerprint density at radius 2 is 1.61 bits per heavy atom. The first-order valence-electron chi connectivity index (χ1n) is 10.3. The van der Waals surface area contributed by atoms with Crippen LogP contribution >= 0.6 is 32.6 Å². The van der Waals surface area contributed by atoms with Crippen molar-refractivity contribution < 1.29 is 9.47 Å². The fraction of sp³-hybridized carbons (Fsp3) is 0.160. The minimum absolute atomic E-state index is 0.496. The van der Waals surface area contributed by atoms with E-state index in [-0.39, 0.29) is 0 Å². The summed E-state index contributed by atoms with van der Waals surface area (Å²) < 4.78 is 15.8. The molecule has 0 radical (unpaired) electrons. The van der Waals surface area contributed by atoms with Gasteiger partial charge in [-0.3, -0.25) is 0 Å². The normalized spacial score (nSPS) is 16.1. The maximum Gasteiger partial charge on any atom is 0.204 e. The highest BCUT2D eigenvalue weighted by Crippen LogP contribution is 2.43. The van der Waals surface area contributed by atoms with Crippen LogP contribution in [0, 0.1) is 0 Å². The van der Waals surface area contributed by atoms with Gasteiger partial charge in [-0.25, -0.2) is 0 Å². The molecule has 0 atom stereocenters. The van der Waals surface area contributed by atoms with Gasteiger partial charge in [0.15, 0.2) is 15.2 Å². The van der Waals surface area contributed by atoms with Gasteiger partial charge in [0.2, 0.25) is 5.88 Å². The predicted molar refractivity (Wildman–Crippen MR) is 138 cm³/mol. The molecule has 0 spiro atoms. The van der Waals surface area contributed by atoms with E-state index in [2.05, 4.69) is 70.4 Å². The second kappa shape index (κ2) is 8.55.